The van der Waals surface area contributed by atoms with Gasteiger partial charge in [-0.15, -0.1) is 11.3 Å². The molecule has 2 aromatic rings. The lowest BCUT2D eigenvalue weighted by Crippen LogP contribution is -2.22. The second kappa shape index (κ2) is 6.51. The zero-order chi connectivity index (χ0) is 16.4. The fraction of sp³-hybridized carbons (Fsp3) is 0.200. The van der Waals surface area contributed by atoms with Crippen LogP contribution in [-0.2, 0) is 14.3 Å². The molecule has 118 valence electrons. The van der Waals surface area contributed by atoms with E-state index in [2.05, 4.69) is 9.98 Å². The number of nitrogens with zero attached hydrogens (tertiary/aromatic N) is 2. The Morgan fingerprint density at radius 2 is 2.17 bits per heavy atom. The molecule has 0 bridgehead atoms. The molecule has 1 aliphatic rings. The van der Waals surface area contributed by atoms with Crippen molar-refractivity contribution in [2.75, 3.05) is 12.4 Å². The highest BCUT2D eigenvalue weighted by Crippen LogP contribution is 2.35. The molecule has 0 fully saturated rings. The van der Waals surface area contributed by atoms with E-state index in [-0.39, 0.29) is 17.6 Å². The number of hydrogen-bond acceptors (Lipinski definition) is 7. The summed E-state index contributed by atoms with van der Waals surface area (Å²) in [7, 11) is 0. The van der Waals surface area contributed by atoms with Crippen molar-refractivity contribution in [3.8, 4) is 5.88 Å². The van der Waals surface area contributed by atoms with Crippen molar-refractivity contribution < 1.29 is 19.4 Å². The maximum atomic E-state index is 12.1. The van der Waals surface area contributed by atoms with Gasteiger partial charge in [0, 0.05) is 5.22 Å². The van der Waals surface area contributed by atoms with Crippen molar-refractivity contribution in [3.05, 3.63) is 39.7 Å². The highest BCUT2D eigenvalue weighted by molar-refractivity contribution is 8.01. The van der Waals surface area contributed by atoms with Crippen LogP contribution in [0, 0.1) is 0 Å². The van der Waals surface area contributed by atoms with Crippen LogP contribution < -0.4 is 10.6 Å². The summed E-state index contributed by atoms with van der Waals surface area (Å²) >= 11 is 2.32. The number of aromatic nitrogens is 1. The summed E-state index contributed by atoms with van der Waals surface area (Å²) in [5.74, 6) is -0.868. The van der Waals surface area contributed by atoms with Crippen molar-refractivity contribution in [1.82, 2.24) is 4.98 Å². The van der Waals surface area contributed by atoms with Crippen LogP contribution in [0.15, 0.2) is 33.6 Å². The molecule has 0 spiro atoms. The number of carbonyl (C=O) groups excluding carboxylic acids is 2. The number of hydrogen-bond donors (Lipinski definition) is 1. The largest absolute Gasteiger partial charge is 0.492 e. The Morgan fingerprint density at radius 1 is 1.39 bits per heavy atom. The molecule has 0 radical (unpaired) electrons. The molecule has 1 aromatic heterocycles. The maximum absolute atomic E-state index is 12.1. The summed E-state index contributed by atoms with van der Waals surface area (Å²) in [6.07, 6.45) is 0. The number of ether oxygens (including phenoxy) is 1. The van der Waals surface area contributed by atoms with E-state index < -0.39 is 5.91 Å². The Balaban J connectivity index is 1.93. The predicted octanol–water partition coefficient (Wildman–Crippen LogP) is 0.863. The van der Waals surface area contributed by atoms with Crippen molar-refractivity contribution >= 4 is 40.5 Å². The number of benzene rings is 1. The molecule has 1 N–H and O–H groups in total. The lowest BCUT2D eigenvalue weighted by Gasteiger charge is -1.98. The zero-order valence-electron chi connectivity index (χ0n) is 12.1. The van der Waals surface area contributed by atoms with Crippen molar-refractivity contribution in [2.45, 2.75) is 11.3 Å². The summed E-state index contributed by atoms with van der Waals surface area (Å²) in [4.78, 5) is 31.9. The first-order valence-electron chi connectivity index (χ1n) is 6.81. The SMILES string of the molecule is CCOC(=O)CSc1nc(O)c(C2=c3ccccc3=NC2=O)s1. The van der Waals surface area contributed by atoms with Gasteiger partial charge in [-0.25, -0.2) is 4.99 Å². The van der Waals surface area contributed by atoms with Gasteiger partial charge in [0.15, 0.2) is 4.34 Å². The van der Waals surface area contributed by atoms with E-state index >= 15 is 0 Å². The summed E-state index contributed by atoms with van der Waals surface area (Å²) in [6.45, 7) is 2.05. The van der Waals surface area contributed by atoms with Gasteiger partial charge < -0.3 is 9.84 Å². The molecule has 2 heterocycles. The number of amides is 1. The highest BCUT2D eigenvalue weighted by Gasteiger charge is 2.24. The minimum atomic E-state index is -0.396. The smallest absolute Gasteiger partial charge is 0.316 e. The van der Waals surface area contributed by atoms with E-state index in [0.717, 1.165) is 23.1 Å². The number of aromatic hydroxyl groups is 1. The molecule has 6 nitrogen and oxygen atoms in total. The number of thiazole rings is 1. The standard InChI is InChI=1S/C15H12N2O4S2/c1-2-21-10(18)7-22-15-17-14(20)12(23-15)11-8-5-3-4-6-9(8)16-13(11)19/h3-6,20H,2,7H2,1H3. The molecule has 0 atom stereocenters. The number of thioether (sulfide) groups is 1. The van der Waals surface area contributed by atoms with Gasteiger partial charge in [0.2, 0.25) is 5.88 Å². The summed E-state index contributed by atoms with van der Waals surface area (Å²) in [6, 6.07) is 7.13. The molecular weight excluding hydrogens is 336 g/mol. The van der Waals surface area contributed by atoms with Gasteiger partial charge in [-0.05, 0) is 13.0 Å². The summed E-state index contributed by atoms with van der Waals surface area (Å²) < 4.78 is 5.34. The molecule has 1 aromatic carbocycles. The van der Waals surface area contributed by atoms with Gasteiger partial charge >= 0.3 is 5.97 Å². The van der Waals surface area contributed by atoms with E-state index in [1.165, 1.54) is 0 Å². The minimum Gasteiger partial charge on any atom is -0.492 e. The van der Waals surface area contributed by atoms with Gasteiger partial charge in [-0.1, -0.05) is 30.0 Å². The first kappa shape index (κ1) is 15.7. The number of carbonyl (C=O) groups is 2. The summed E-state index contributed by atoms with van der Waals surface area (Å²) in [5.41, 5.74) is 0.346. The van der Waals surface area contributed by atoms with E-state index in [9.17, 15) is 14.7 Å². The lowest BCUT2D eigenvalue weighted by molar-refractivity contribution is -0.139. The molecule has 0 saturated heterocycles. The fourth-order valence-corrected chi connectivity index (χ4v) is 4.00. The average molecular weight is 348 g/mol. The second-order valence-electron chi connectivity index (χ2n) is 4.54. The van der Waals surface area contributed by atoms with Crippen LogP contribution in [0.2, 0.25) is 0 Å². The van der Waals surface area contributed by atoms with Crippen LogP contribution >= 0.6 is 23.1 Å². The fourth-order valence-electron chi connectivity index (χ4n) is 2.12. The maximum Gasteiger partial charge on any atom is 0.316 e. The molecule has 8 heteroatoms. The third kappa shape index (κ3) is 3.13. The number of esters is 1. The van der Waals surface area contributed by atoms with E-state index in [4.69, 9.17) is 4.74 Å². The predicted molar refractivity (Wildman–Crippen MR) is 85.9 cm³/mol. The van der Waals surface area contributed by atoms with Crippen molar-refractivity contribution in [1.29, 1.82) is 0 Å². The zero-order valence-corrected chi connectivity index (χ0v) is 13.7. The van der Waals surface area contributed by atoms with Crippen LogP contribution in [0.3, 0.4) is 0 Å². The number of fused-ring (bicyclic) bond motifs is 1. The molecule has 3 rings (SSSR count). The molecule has 23 heavy (non-hydrogen) atoms. The van der Waals surface area contributed by atoms with Crippen LogP contribution in [0.25, 0.3) is 5.57 Å². The Kier molecular flexibility index (Phi) is 4.44. The van der Waals surface area contributed by atoms with Crippen LogP contribution in [0.4, 0.5) is 0 Å². The first-order valence-corrected chi connectivity index (χ1v) is 8.61. The molecule has 1 aliphatic heterocycles. The Morgan fingerprint density at radius 3 is 2.96 bits per heavy atom. The Bertz CT molecular complexity index is 904. The average Bonchev–Trinajstić information content (AvgIpc) is 3.04. The molecule has 1 amide bonds. The van der Waals surface area contributed by atoms with Crippen LogP contribution in [0.5, 0.6) is 5.88 Å². The van der Waals surface area contributed by atoms with Crippen molar-refractivity contribution in [2.24, 2.45) is 4.99 Å². The van der Waals surface area contributed by atoms with E-state index in [0.29, 0.717) is 32.0 Å². The normalized spacial score (nSPS) is 12.9. The van der Waals surface area contributed by atoms with Crippen LogP contribution in [0.1, 0.15) is 11.8 Å². The van der Waals surface area contributed by atoms with E-state index in [1.807, 2.05) is 0 Å². The van der Waals surface area contributed by atoms with Crippen LogP contribution in [-0.4, -0.2) is 34.3 Å². The molecule has 0 aliphatic carbocycles. The van der Waals surface area contributed by atoms with Gasteiger partial charge in [0.25, 0.3) is 5.91 Å². The third-order valence-corrected chi connectivity index (χ3v) is 5.22. The van der Waals surface area contributed by atoms with E-state index in [1.54, 1.807) is 31.2 Å². The lowest BCUT2D eigenvalue weighted by atomic mass is 10.1. The van der Waals surface area contributed by atoms with Gasteiger partial charge in [0.1, 0.15) is 4.88 Å². The monoisotopic (exact) mass is 348 g/mol. The molecule has 0 unspecified atom stereocenters. The van der Waals surface area contributed by atoms with Gasteiger partial charge in [0.05, 0.1) is 23.3 Å². The Hall–Kier alpha value is -2.19. The third-order valence-electron chi connectivity index (χ3n) is 3.04. The first-order chi connectivity index (χ1) is 11.1. The summed E-state index contributed by atoms with van der Waals surface area (Å²) in [5, 5.41) is 11.3. The highest BCUT2D eigenvalue weighted by atomic mass is 32.2. The van der Waals surface area contributed by atoms with Crippen molar-refractivity contribution in [3.63, 3.8) is 0 Å². The Labute approximate surface area is 139 Å². The molecular formula is C15H12N2O4S2. The number of para-hydroxylation sites is 1. The number of rotatable bonds is 5. The molecule has 0 saturated carbocycles. The van der Waals surface area contributed by atoms with Gasteiger partial charge in [-0.3, -0.25) is 9.59 Å². The second-order valence-corrected chi connectivity index (χ2v) is 6.76. The quantitative estimate of drug-likeness (QED) is 0.637. The van der Waals surface area contributed by atoms with Gasteiger partial charge in [-0.2, -0.15) is 4.98 Å². The minimum absolute atomic E-state index is 0.102. The topological polar surface area (TPSA) is 88.8 Å².